The second kappa shape index (κ2) is 9.01. The first kappa shape index (κ1) is 21.4. The van der Waals surface area contributed by atoms with Crippen molar-refractivity contribution in [3.63, 3.8) is 0 Å². The number of halogens is 2. The maximum absolute atomic E-state index is 10.5. The van der Waals surface area contributed by atoms with Crippen LogP contribution in [0, 0.1) is 13.8 Å². The number of aromatic nitrogens is 1. The maximum Gasteiger partial charge on any atom is 0.115 e. The molecule has 0 aliphatic heterocycles. The summed E-state index contributed by atoms with van der Waals surface area (Å²) in [7, 11) is 0. The van der Waals surface area contributed by atoms with E-state index >= 15 is 0 Å². The number of nitrogens with zero attached hydrogens (tertiary/aromatic N) is 2. The van der Waals surface area contributed by atoms with E-state index in [2.05, 4.69) is 4.99 Å². The lowest BCUT2D eigenvalue weighted by molar-refractivity contribution is 0.110. The van der Waals surface area contributed by atoms with Crippen molar-refractivity contribution in [3.05, 3.63) is 81.1 Å². The summed E-state index contributed by atoms with van der Waals surface area (Å²) < 4.78 is 1.98. The van der Waals surface area contributed by atoms with Crippen molar-refractivity contribution >= 4 is 29.4 Å². The Morgan fingerprint density at radius 2 is 1.86 bits per heavy atom. The van der Waals surface area contributed by atoms with Gasteiger partial charge in [0, 0.05) is 28.2 Å². The van der Waals surface area contributed by atoms with Crippen molar-refractivity contribution in [1.82, 2.24) is 4.57 Å². The van der Waals surface area contributed by atoms with Crippen LogP contribution in [-0.2, 0) is 0 Å². The Morgan fingerprint density at radius 3 is 2.55 bits per heavy atom. The Kier molecular flexibility index (Phi) is 6.65. The second-order valence-electron chi connectivity index (χ2n) is 6.83. The number of rotatable bonds is 6. The highest BCUT2D eigenvalue weighted by molar-refractivity contribution is 6.34. The molecule has 1 heterocycles. The third-order valence-corrected chi connectivity index (χ3v) is 5.34. The first-order valence-electron chi connectivity index (χ1n) is 9.07. The summed E-state index contributed by atoms with van der Waals surface area (Å²) in [4.78, 5) is 4.39. The molecule has 3 N–H and O–H groups in total. The minimum Gasteiger partial charge on any atom is -0.508 e. The minimum atomic E-state index is -1.05. The molecule has 0 saturated heterocycles. The van der Waals surface area contributed by atoms with Crippen molar-refractivity contribution in [1.29, 1.82) is 0 Å². The first-order chi connectivity index (χ1) is 13.8. The zero-order valence-electron chi connectivity index (χ0n) is 16.0. The minimum absolute atomic E-state index is 0.0455. The van der Waals surface area contributed by atoms with E-state index in [4.69, 9.17) is 23.2 Å². The van der Waals surface area contributed by atoms with Gasteiger partial charge in [-0.2, -0.15) is 0 Å². The van der Waals surface area contributed by atoms with Gasteiger partial charge < -0.3 is 19.9 Å². The number of aromatic hydroxyl groups is 1. The number of hydrogen-bond acceptors (Lipinski definition) is 4. The molecule has 5 nitrogen and oxygen atoms in total. The van der Waals surface area contributed by atoms with Crippen molar-refractivity contribution in [2.45, 2.75) is 26.0 Å². The average molecular weight is 433 g/mol. The van der Waals surface area contributed by atoms with Crippen LogP contribution < -0.4 is 0 Å². The molecule has 152 valence electrons. The molecule has 3 rings (SSSR count). The largest absolute Gasteiger partial charge is 0.508 e. The van der Waals surface area contributed by atoms with Gasteiger partial charge in [0.05, 0.1) is 17.3 Å². The van der Waals surface area contributed by atoms with E-state index in [-0.39, 0.29) is 12.4 Å². The molecule has 3 aromatic rings. The lowest BCUT2D eigenvalue weighted by atomic mass is 10.0. The summed E-state index contributed by atoms with van der Waals surface area (Å²) in [6, 6.07) is 12.7. The van der Waals surface area contributed by atoms with Gasteiger partial charge in [0.2, 0.25) is 0 Å². The van der Waals surface area contributed by atoms with Gasteiger partial charge in [0.15, 0.2) is 0 Å². The third-order valence-electron chi connectivity index (χ3n) is 4.79. The number of aliphatic imine (C=N–C) groups is 1. The standard InChI is InChI=1S/C22H22Cl2N2O3/c1-13-8-16(14(2)26(13)21-10-17(23)6-7-19(21)24)11-25-20(12-27)22(29)15-4-3-5-18(28)9-15/h3-11,20,22,27-29H,12H2,1-2H3. The van der Waals surface area contributed by atoms with E-state index < -0.39 is 12.1 Å². The molecule has 0 spiro atoms. The van der Waals surface area contributed by atoms with E-state index in [1.807, 2.05) is 24.5 Å². The quantitative estimate of drug-likeness (QED) is 0.497. The molecule has 0 amide bonds. The number of aliphatic hydroxyl groups excluding tert-OH is 2. The van der Waals surface area contributed by atoms with Gasteiger partial charge in [-0.15, -0.1) is 0 Å². The first-order valence-corrected chi connectivity index (χ1v) is 9.82. The highest BCUT2D eigenvalue weighted by Crippen LogP contribution is 2.29. The van der Waals surface area contributed by atoms with Gasteiger partial charge in [-0.3, -0.25) is 4.99 Å². The lowest BCUT2D eigenvalue weighted by Gasteiger charge is -2.17. The molecule has 0 saturated carbocycles. The summed E-state index contributed by atoms with van der Waals surface area (Å²) in [6.07, 6.45) is 0.582. The van der Waals surface area contributed by atoms with Crippen molar-refractivity contribution in [2.75, 3.05) is 6.61 Å². The highest BCUT2D eigenvalue weighted by atomic mass is 35.5. The van der Waals surface area contributed by atoms with Gasteiger partial charge in [-0.1, -0.05) is 35.3 Å². The second-order valence-corrected chi connectivity index (χ2v) is 7.67. The zero-order chi connectivity index (χ0) is 21.1. The molecule has 2 aromatic carbocycles. The van der Waals surface area contributed by atoms with Crippen LogP contribution in [0.2, 0.25) is 10.0 Å². The molecule has 0 bridgehead atoms. The molecule has 2 unspecified atom stereocenters. The Bertz CT molecular complexity index is 1050. The van der Waals surface area contributed by atoms with Crippen LogP contribution in [0.5, 0.6) is 5.75 Å². The molecule has 1 aromatic heterocycles. The van der Waals surface area contributed by atoms with Gasteiger partial charge in [-0.25, -0.2) is 0 Å². The monoisotopic (exact) mass is 432 g/mol. The van der Waals surface area contributed by atoms with Crippen LogP contribution in [-0.4, -0.2) is 38.8 Å². The fourth-order valence-electron chi connectivity index (χ4n) is 3.28. The Balaban J connectivity index is 1.91. The SMILES string of the molecule is Cc1cc(C=NC(CO)C(O)c2cccc(O)c2)c(C)n1-c1cc(Cl)ccc1Cl. The predicted octanol–water partition coefficient (Wildman–Crippen LogP) is 4.62. The topological polar surface area (TPSA) is 78.0 Å². The van der Waals surface area contributed by atoms with Crippen LogP contribution >= 0.6 is 23.2 Å². The number of phenolic OH excluding ortho intramolecular Hbond substituents is 1. The van der Waals surface area contributed by atoms with Gasteiger partial charge in [-0.05, 0) is 55.8 Å². The van der Waals surface area contributed by atoms with E-state index in [0.717, 1.165) is 22.6 Å². The number of aliphatic hydroxyl groups is 2. The van der Waals surface area contributed by atoms with Crippen LogP contribution in [0.4, 0.5) is 0 Å². The lowest BCUT2D eigenvalue weighted by Crippen LogP contribution is -2.21. The summed E-state index contributed by atoms with van der Waals surface area (Å²) in [5.41, 5.74) is 3.94. The molecular weight excluding hydrogens is 411 g/mol. The van der Waals surface area contributed by atoms with Crippen molar-refractivity contribution in [3.8, 4) is 11.4 Å². The summed E-state index contributed by atoms with van der Waals surface area (Å²) >= 11 is 12.5. The van der Waals surface area contributed by atoms with Crippen molar-refractivity contribution in [2.24, 2.45) is 4.99 Å². The predicted molar refractivity (Wildman–Crippen MR) is 117 cm³/mol. The molecule has 0 radical (unpaired) electrons. The Hall–Kier alpha value is -2.31. The molecule has 29 heavy (non-hydrogen) atoms. The van der Waals surface area contributed by atoms with Crippen LogP contribution in [0.3, 0.4) is 0 Å². The molecule has 7 heteroatoms. The third kappa shape index (κ3) is 4.65. The van der Waals surface area contributed by atoms with Crippen LogP contribution in [0.15, 0.2) is 53.5 Å². The smallest absolute Gasteiger partial charge is 0.115 e. The van der Waals surface area contributed by atoms with E-state index in [0.29, 0.717) is 15.6 Å². The number of phenols is 1. The average Bonchev–Trinajstić information content (AvgIpc) is 2.97. The number of hydrogen-bond donors (Lipinski definition) is 3. The van der Waals surface area contributed by atoms with Gasteiger partial charge in [0.25, 0.3) is 0 Å². The molecule has 0 fully saturated rings. The molecule has 0 aliphatic carbocycles. The van der Waals surface area contributed by atoms with Crippen LogP contribution in [0.25, 0.3) is 5.69 Å². The zero-order valence-corrected chi connectivity index (χ0v) is 17.6. The van der Waals surface area contributed by atoms with Gasteiger partial charge in [0.1, 0.15) is 17.9 Å². The normalized spacial score (nSPS) is 13.7. The van der Waals surface area contributed by atoms with E-state index in [9.17, 15) is 15.3 Å². The number of benzene rings is 2. The summed E-state index contributed by atoms with van der Waals surface area (Å²) in [5, 5.41) is 31.0. The van der Waals surface area contributed by atoms with Crippen LogP contribution in [0.1, 0.15) is 28.6 Å². The maximum atomic E-state index is 10.5. The molecule has 2 atom stereocenters. The highest BCUT2D eigenvalue weighted by Gasteiger charge is 2.20. The Morgan fingerprint density at radius 1 is 1.10 bits per heavy atom. The van der Waals surface area contributed by atoms with Gasteiger partial charge >= 0.3 is 0 Å². The molecular formula is C22H22Cl2N2O3. The van der Waals surface area contributed by atoms with E-state index in [1.165, 1.54) is 12.1 Å². The Labute approximate surface area is 179 Å². The number of aryl methyl sites for hydroxylation is 1. The molecule has 0 aliphatic rings. The van der Waals surface area contributed by atoms with E-state index in [1.54, 1.807) is 36.5 Å². The van der Waals surface area contributed by atoms with Crippen molar-refractivity contribution < 1.29 is 15.3 Å². The summed E-state index contributed by atoms with van der Waals surface area (Å²) in [6.45, 7) is 3.55. The fraction of sp³-hybridized carbons (Fsp3) is 0.227. The fourth-order valence-corrected chi connectivity index (χ4v) is 3.65. The summed E-state index contributed by atoms with van der Waals surface area (Å²) in [5.74, 6) is 0.0455.